The van der Waals surface area contributed by atoms with Gasteiger partial charge in [-0.25, -0.2) is 0 Å². The lowest BCUT2D eigenvalue weighted by atomic mass is 10.2. The van der Waals surface area contributed by atoms with Crippen molar-refractivity contribution in [2.45, 2.75) is 13.5 Å². The Morgan fingerprint density at radius 2 is 1.94 bits per heavy atom. The highest BCUT2D eigenvalue weighted by molar-refractivity contribution is 5.84. The molecular formula is C13H16NO3. The normalized spacial score (nSPS) is 9.76. The van der Waals surface area contributed by atoms with Gasteiger partial charge in [-0.05, 0) is 12.5 Å². The van der Waals surface area contributed by atoms with Gasteiger partial charge in [0.15, 0.2) is 0 Å². The summed E-state index contributed by atoms with van der Waals surface area (Å²) in [6.07, 6.45) is 0. The SMILES string of the molecule is [CH2]C(=O)N(CC(=O)OCC)Cc1ccccc1. The van der Waals surface area contributed by atoms with Gasteiger partial charge in [0.1, 0.15) is 6.54 Å². The maximum absolute atomic E-state index is 11.3. The van der Waals surface area contributed by atoms with Crippen LogP contribution in [0.25, 0.3) is 0 Å². The van der Waals surface area contributed by atoms with Gasteiger partial charge in [0.25, 0.3) is 0 Å². The van der Waals surface area contributed by atoms with Gasteiger partial charge in [0, 0.05) is 13.5 Å². The third-order valence-corrected chi connectivity index (χ3v) is 2.19. The zero-order chi connectivity index (χ0) is 12.7. The van der Waals surface area contributed by atoms with Crippen LogP contribution in [-0.2, 0) is 20.9 Å². The average molecular weight is 234 g/mol. The fourth-order valence-corrected chi connectivity index (χ4v) is 1.40. The lowest BCUT2D eigenvalue weighted by Gasteiger charge is -2.19. The molecule has 0 aromatic heterocycles. The van der Waals surface area contributed by atoms with Gasteiger partial charge >= 0.3 is 5.97 Å². The molecule has 1 amide bonds. The minimum atomic E-state index is -0.416. The summed E-state index contributed by atoms with van der Waals surface area (Å²) in [6, 6.07) is 9.43. The number of carbonyl (C=O) groups is 2. The van der Waals surface area contributed by atoms with E-state index in [1.54, 1.807) is 6.92 Å². The highest BCUT2D eigenvalue weighted by Crippen LogP contribution is 2.04. The number of rotatable bonds is 5. The van der Waals surface area contributed by atoms with Crippen molar-refractivity contribution in [2.75, 3.05) is 13.2 Å². The molecule has 0 saturated heterocycles. The van der Waals surface area contributed by atoms with Gasteiger partial charge in [0.05, 0.1) is 6.61 Å². The van der Waals surface area contributed by atoms with Gasteiger partial charge in [-0.1, -0.05) is 30.3 Å². The molecule has 1 aromatic carbocycles. The predicted octanol–water partition coefficient (Wildman–Crippen LogP) is 1.41. The lowest BCUT2D eigenvalue weighted by molar-refractivity contribution is -0.148. The Hall–Kier alpha value is -1.84. The number of hydrogen-bond donors (Lipinski definition) is 0. The fourth-order valence-electron chi connectivity index (χ4n) is 1.40. The Morgan fingerprint density at radius 1 is 1.29 bits per heavy atom. The second kappa shape index (κ2) is 6.68. The van der Waals surface area contributed by atoms with Gasteiger partial charge in [-0.2, -0.15) is 0 Å². The van der Waals surface area contributed by atoms with Gasteiger partial charge < -0.3 is 9.64 Å². The van der Waals surface area contributed by atoms with Crippen molar-refractivity contribution in [1.82, 2.24) is 4.90 Å². The third kappa shape index (κ3) is 4.68. The molecule has 91 valence electrons. The van der Waals surface area contributed by atoms with Crippen molar-refractivity contribution >= 4 is 11.9 Å². The molecule has 0 spiro atoms. The number of ether oxygens (including phenoxy) is 1. The third-order valence-electron chi connectivity index (χ3n) is 2.19. The smallest absolute Gasteiger partial charge is 0.325 e. The van der Waals surface area contributed by atoms with E-state index in [-0.39, 0.29) is 12.5 Å². The van der Waals surface area contributed by atoms with E-state index in [0.29, 0.717) is 13.2 Å². The van der Waals surface area contributed by atoms with Crippen LogP contribution in [0.1, 0.15) is 12.5 Å². The molecule has 0 fully saturated rings. The quantitative estimate of drug-likeness (QED) is 0.724. The molecule has 0 saturated carbocycles. The van der Waals surface area contributed by atoms with Crippen molar-refractivity contribution in [3.63, 3.8) is 0 Å². The summed E-state index contributed by atoms with van der Waals surface area (Å²) in [5.41, 5.74) is 0.953. The number of carbonyl (C=O) groups excluding carboxylic acids is 2. The van der Waals surface area contributed by atoms with Crippen LogP contribution >= 0.6 is 0 Å². The molecule has 0 aliphatic carbocycles. The monoisotopic (exact) mass is 234 g/mol. The molecule has 1 radical (unpaired) electrons. The number of amides is 1. The van der Waals surface area contributed by atoms with E-state index in [0.717, 1.165) is 5.56 Å². The summed E-state index contributed by atoms with van der Waals surface area (Å²) >= 11 is 0. The first-order valence-electron chi connectivity index (χ1n) is 5.44. The molecule has 1 rings (SSSR count). The maximum Gasteiger partial charge on any atom is 0.325 e. The van der Waals surface area contributed by atoms with E-state index >= 15 is 0 Å². The maximum atomic E-state index is 11.3. The lowest BCUT2D eigenvalue weighted by Crippen LogP contribution is -2.34. The molecule has 0 N–H and O–H groups in total. The first-order chi connectivity index (χ1) is 8.13. The van der Waals surface area contributed by atoms with Crippen molar-refractivity contribution < 1.29 is 14.3 Å². The van der Waals surface area contributed by atoms with E-state index < -0.39 is 5.97 Å². The van der Waals surface area contributed by atoms with Crippen molar-refractivity contribution in [3.05, 3.63) is 42.8 Å². The van der Waals surface area contributed by atoms with E-state index in [1.165, 1.54) is 4.90 Å². The Labute approximate surface area is 101 Å². The minimum absolute atomic E-state index is 0.0644. The standard InChI is InChI=1S/C13H16NO3/c1-3-17-13(16)10-14(11(2)15)9-12-7-5-4-6-8-12/h4-8H,2-3,9-10H2,1H3. The number of nitrogens with zero attached hydrogens (tertiary/aromatic N) is 1. The van der Waals surface area contributed by atoms with E-state index in [9.17, 15) is 9.59 Å². The van der Waals surface area contributed by atoms with E-state index in [2.05, 4.69) is 6.92 Å². The minimum Gasteiger partial charge on any atom is -0.465 e. The summed E-state index contributed by atoms with van der Waals surface area (Å²) in [6.45, 7) is 5.66. The second-order valence-corrected chi connectivity index (χ2v) is 3.54. The molecule has 0 unspecified atom stereocenters. The largest absolute Gasteiger partial charge is 0.465 e. The highest BCUT2D eigenvalue weighted by atomic mass is 16.5. The average Bonchev–Trinajstić information content (AvgIpc) is 2.29. The summed E-state index contributed by atoms with van der Waals surface area (Å²) in [5.74, 6) is -0.803. The Balaban J connectivity index is 2.61. The summed E-state index contributed by atoms with van der Waals surface area (Å²) in [5, 5.41) is 0. The second-order valence-electron chi connectivity index (χ2n) is 3.54. The van der Waals surface area contributed by atoms with Crippen molar-refractivity contribution in [2.24, 2.45) is 0 Å². The van der Waals surface area contributed by atoms with Crippen LogP contribution < -0.4 is 0 Å². The topological polar surface area (TPSA) is 46.6 Å². The van der Waals surface area contributed by atoms with Crippen LogP contribution in [0.3, 0.4) is 0 Å². The van der Waals surface area contributed by atoms with Crippen LogP contribution in [-0.4, -0.2) is 29.9 Å². The van der Waals surface area contributed by atoms with E-state index in [4.69, 9.17) is 4.74 Å². The number of benzene rings is 1. The molecule has 1 aromatic rings. The highest BCUT2D eigenvalue weighted by Gasteiger charge is 2.14. The zero-order valence-electron chi connectivity index (χ0n) is 9.89. The number of hydrogen-bond acceptors (Lipinski definition) is 3. The Bertz CT molecular complexity index is 376. The van der Waals surface area contributed by atoms with Gasteiger partial charge in [-0.15, -0.1) is 0 Å². The van der Waals surface area contributed by atoms with Crippen LogP contribution in [0.2, 0.25) is 0 Å². The predicted molar refractivity (Wildman–Crippen MR) is 63.8 cm³/mol. The molecule has 0 atom stereocenters. The molecule has 0 heterocycles. The van der Waals surface area contributed by atoms with Crippen LogP contribution in [0.5, 0.6) is 0 Å². The summed E-state index contributed by atoms with van der Waals surface area (Å²) in [4.78, 5) is 24.0. The molecule has 4 heteroatoms. The van der Waals surface area contributed by atoms with Gasteiger partial charge in [-0.3, -0.25) is 9.59 Å². The molecular weight excluding hydrogens is 218 g/mol. The van der Waals surface area contributed by atoms with Crippen molar-refractivity contribution in [3.8, 4) is 0 Å². The summed E-state index contributed by atoms with van der Waals surface area (Å²) < 4.78 is 4.80. The Kier molecular flexibility index (Phi) is 5.20. The zero-order valence-corrected chi connectivity index (χ0v) is 9.89. The van der Waals surface area contributed by atoms with Crippen LogP contribution in [0, 0.1) is 6.92 Å². The number of esters is 1. The first-order valence-corrected chi connectivity index (χ1v) is 5.44. The first kappa shape index (κ1) is 13.2. The molecule has 0 aliphatic heterocycles. The molecule has 4 nitrogen and oxygen atoms in total. The van der Waals surface area contributed by atoms with Gasteiger partial charge in [0.2, 0.25) is 5.91 Å². The Morgan fingerprint density at radius 3 is 2.47 bits per heavy atom. The molecule has 0 aliphatic rings. The summed E-state index contributed by atoms with van der Waals surface area (Å²) in [7, 11) is 0. The van der Waals surface area contributed by atoms with Crippen molar-refractivity contribution in [1.29, 1.82) is 0 Å². The molecule has 17 heavy (non-hydrogen) atoms. The van der Waals surface area contributed by atoms with E-state index in [1.807, 2.05) is 30.3 Å². The molecule has 0 bridgehead atoms. The van der Waals surface area contributed by atoms with Crippen LogP contribution in [0.4, 0.5) is 0 Å². The van der Waals surface area contributed by atoms with Crippen LogP contribution in [0.15, 0.2) is 30.3 Å². The fraction of sp³-hybridized carbons (Fsp3) is 0.308.